The minimum absolute atomic E-state index is 0.246. The monoisotopic (exact) mass is 408 g/mol. The van der Waals surface area contributed by atoms with Crippen LogP contribution < -0.4 is 0 Å². The van der Waals surface area contributed by atoms with Crippen LogP contribution in [0.2, 0.25) is 0 Å². The van der Waals surface area contributed by atoms with Gasteiger partial charge in [-0.3, -0.25) is 0 Å². The first kappa shape index (κ1) is 21.3. The van der Waals surface area contributed by atoms with Gasteiger partial charge in [0.05, 0.1) is 32.8 Å². The zero-order chi connectivity index (χ0) is 21.0. The molecule has 1 aromatic heterocycles. The summed E-state index contributed by atoms with van der Waals surface area (Å²) in [4.78, 5) is 5.08. The Morgan fingerprint density at radius 2 is 1.75 bits per heavy atom. The SMILES string of the molecule is CC(C)(C)c1nc2ccc(S(=O)(=O)C(C)(C)C)cc2n1CC1(O)CCOCC1. The van der Waals surface area contributed by atoms with Crippen LogP contribution in [0, 0.1) is 0 Å². The van der Waals surface area contributed by atoms with Gasteiger partial charge in [-0.05, 0) is 39.0 Å². The number of sulfone groups is 1. The zero-order valence-corrected chi connectivity index (χ0v) is 18.6. The summed E-state index contributed by atoms with van der Waals surface area (Å²) >= 11 is 0. The van der Waals surface area contributed by atoms with Crippen LogP contribution in [0.3, 0.4) is 0 Å². The summed E-state index contributed by atoms with van der Waals surface area (Å²) in [6, 6.07) is 5.12. The molecule has 3 rings (SSSR count). The molecular weight excluding hydrogens is 376 g/mol. The lowest BCUT2D eigenvalue weighted by atomic mass is 9.92. The van der Waals surface area contributed by atoms with E-state index in [1.54, 1.807) is 39.0 Å². The second-order valence-corrected chi connectivity index (χ2v) is 12.6. The van der Waals surface area contributed by atoms with Crippen molar-refractivity contribution in [3.05, 3.63) is 24.0 Å². The second-order valence-electron chi connectivity index (χ2n) is 9.87. The quantitative estimate of drug-likeness (QED) is 0.841. The summed E-state index contributed by atoms with van der Waals surface area (Å²) in [6.07, 6.45) is 1.10. The summed E-state index contributed by atoms with van der Waals surface area (Å²) in [5.41, 5.74) is 0.359. The van der Waals surface area contributed by atoms with Crippen LogP contribution >= 0.6 is 0 Å². The van der Waals surface area contributed by atoms with E-state index in [-0.39, 0.29) is 10.3 Å². The maximum Gasteiger partial charge on any atom is 0.183 e. The van der Waals surface area contributed by atoms with E-state index in [0.717, 1.165) is 16.9 Å². The molecular formula is C21H32N2O4S. The molecule has 7 heteroatoms. The van der Waals surface area contributed by atoms with Crippen molar-refractivity contribution in [1.82, 2.24) is 9.55 Å². The Hall–Kier alpha value is -1.44. The highest BCUT2D eigenvalue weighted by Gasteiger charge is 2.35. The van der Waals surface area contributed by atoms with Gasteiger partial charge in [-0.1, -0.05) is 20.8 Å². The molecule has 2 aromatic rings. The highest BCUT2D eigenvalue weighted by Crippen LogP contribution is 2.33. The summed E-state index contributed by atoms with van der Waals surface area (Å²) < 4.78 is 32.5. The summed E-state index contributed by atoms with van der Waals surface area (Å²) in [6.45, 7) is 12.8. The van der Waals surface area contributed by atoms with E-state index in [4.69, 9.17) is 9.72 Å². The summed E-state index contributed by atoms with van der Waals surface area (Å²) in [5, 5.41) is 11.1. The van der Waals surface area contributed by atoms with Crippen LogP contribution in [-0.4, -0.2) is 46.6 Å². The van der Waals surface area contributed by atoms with Crippen molar-refractivity contribution < 1.29 is 18.3 Å². The van der Waals surface area contributed by atoms with Gasteiger partial charge in [0.1, 0.15) is 5.82 Å². The predicted molar refractivity (Wildman–Crippen MR) is 110 cm³/mol. The van der Waals surface area contributed by atoms with E-state index >= 15 is 0 Å². The third kappa shape index (κ3) is 3.84. The molecule has 1 aromatic carbocycles. The van der Waals surface area contributed by atoms with Crippen LogP contribution in [0.5, 0.6) is 0 Å². The Labute approximate surface area is 167 Å². The molecule has 0 amide bonds. The fraction of sp³-hybridized carbons (Fsp3) is 0.667. The van der Waals surface area contributed by atoms with Gasteiger partial charge in [0.25, 0.3) is 0 Å². The molecule has 1 saturated heterocycles. The number of benzene rings is 1. The highest BCUT2D eigenvalue weighted by atomic mass is 32.2. The van der Waals surface area contributed by atoms with E-state index in [1.807, 2.05) is 4.57 Å². The first-order valence-corrected chi connectivity index (χ1v) is 11.3. The lowest BCUT2D eigenvalue weighted by molar-refractivity contribution is -0.0728. The van der Waals surface area contributed by atoms with Crippen LogP contribution in [0.15, 0.2) is 23.1 Å². The molecule has 1 N–H and O–H groups in total. The fourth-order valence-electron chi connectivity index (χ4n) is 3.56. The van der Waals surface area contributed by atoms with Gasteiger partial charge >= 0.3 is 0 Å². The lowest BCUT2D eigenvalue weighted by Crippen LogP contribution is -2.41. The number of hydrogen-bond donors (Lipinski definition) is 1. The van der Waals surface area contributed by atoms with E-state index in [1.165, 1.54) is 0 Å². The Morgan fingerprint density at radius 1 is 1.14 bits per heavy atom. The standard InChI is InChI=1S/C21H32N2O4S/c1-19(2,3)18-22-16-8-7-15(28(25,26)20(4,5)6)13-17(16)23(18)14-21(24)9-11-27-12-10-21/h7-8,13,24H,9-12,14H2,1-6H3. The normalized spacial score (nSPS) is 18.5. The smallest absolute Gasteiger partial charge is 0.183 e. The minimum atomic E-state index is -3.48. The van der Waals surface area contributed by atoms with Crippen molar-refractivity contribution in [2.24, 2.45) is 0 Å². The van der Waals surface area contributed by atoms with Gasteiger partial charge < -0.3 is 14.4 Å². The summed E-state index contributed by atoms with van der Waals surface area (Å²) in [5.74, 6) is 0.840. The fourth-order valence-corrected chi connectivity index (χ4v) is 4.78. The van der Waals surface area contributed by atoms with Crippen LogP contribution in [0.1, 0.15) is 60.2 Å². The Bertz CT molecular complexity index is 972. The number of imidazole rings is 1. The molecule has 0 atom stereocenters. The molecule has 28 heavy (non-hydrogen) atoms. The van der Waals surface area contributed by atoms with Crippen LogP contribution in [-0.2, 0) is 26.5 Å². The van der Waals surface area contributed by atoms with E-state index in [0.29, 0.717) is 32.6 Å². The molecule has 0 bridgehead atoms. The van der Waals surface area contributed by atoms with Crippen molar-refractivity contribution in [3.63, 3.8) is 0 Å². The van der Waals surface area contributed by atoms with Crippen molar-refractivity contribution in [2.45, 2.75) is 81.6 Å². The number of rotatable bonds is 3. The topological polar surface area (TPSA) is 81.4 Å². The summed E-state index contributed by atoms with van der Waals surface area (Å²) in [7, 11) is -3.48. The molecule has 0 aliphatic carbocycles. The number of aliphatic hydroxyl groups is 1. The van der Waals surface area contributed by atoms with Gasteiger partial charge in [0, 0.05) is 31.5 Å². The van der Waals surface area contributed by atoms with Crippen molar-refractivity contribution in [1.29, 1.82) is 0 Å². The largest absolute Gasteiger partial charge is 0.388 e. The first-order chi connectivity index (χ1) is 12.7. The van der Waals surface area contributed by atoms with Crippen molar-refractivity contribution in [2.75, 3.05) is 13.2 Å². The van der Waals surface area contributed by atoms with Crippen LogP contribution in [0.25, 0.3) is 11.0 Å². The molecule has 1 aliphatic heterocycles. The molecule has 2 heterocycles. The minimum Gasteiger partial charge on any atom is -0.388 e. The number of ether oxygens (including phenoxy) is 1. The van der Waals surface area contributed by atoms with Crippen molar-refractivity contribution >= 4 is 20.9 Å². The van der Waals surface area contributed by atoms with Gasteiger partial charge in [0.15, 0.2) is 9.84 Å². The molecule has 0 saturated carbocycles. The molecule has 6 nitrogen and oxygen atoms in total. The van der Waals surface area contributed by atoms with Gasteiger partial charge in [-0.25, -0.2) is 13.4 Å². The Morgan fingerprint density at radius 3 is 2.29 bits per heavy atom. The first-order valence-electron chi connectivity index (χ1n) is 9.80. The zero-order valence-electron chi connectivity index (χ0n) is 17.7. The molecule has 1 aliphatic rings. The van der Waals surface area contributed by atoms with Crippen molar-refractivity contribution in [3.8, 4) is 0 Å². The average molecular weight is 409 g/mol. The Balaban J connectivity index is 2.19. The number of aromatic nitrogens is 2. The van der Waals surface area contributed by atoms with Gasteiger partial charge in [-0.2, -0.15) is 0 Å². The van der Waals surface area contributed by atoms with E-state index in [2.05, 4.69) is 20.8 Å². The maximum absolute atomic E-state index is 13.0. The molecule has 0 unspecified atom stereocenters. The Kier molecular flexibility index (Phi) is 5.18. The molecule has 156 valence electrons. The van der Waals surface area contributed by atoms with Gasteiger partial charge in [0.2, 0.25) is 0 Å². The third-order valence-electron chi connectivity index (χ3n) is 5.38. The number of hydrogen-bond acceptors (Lipinski definition) is 5. The lowest BCUT2D eigenvalue weighted by Gasteiger charge is -2.34. The molecule has 0 radical (unpaired) electrons. The maximum atomic E-state index is 13.0. The molecule has 0 spiro atoms. The number of nitrogens with zero attached hydrogens (tertiary/aromatic N) is 2. The third-order valence-corrected chi connectivity index (χ3v) is 7.87. The average Bonchev–Trinajstić information content (AvgIpc) is 2.92. The van der Waals surface area contributed by atoms with E-state index in [9.17, 15) is 13.5 Å². The molecule has 1 fully saturated rings. The second kappa shape index (κ2) is 6.82. The van der Waals surface area contributed by atoms with Crippen LogP contribution in [0.4, 0.5) is 0 Å². The predicted octanol–water partition coefficient (Wildman–Crippen LogP) is 3.45. The van der Waals surface area contributed by atoms with E-state index < -0.39 is 20.2 Å². The number of fused-ring (bicyclic) bond motifs is 1. The highest BCUT2D eigenvalue weighted by molar-refractivity contribution is 7.92. The van der Waals surface area contributed by atoms with Gasteiger partial charge in [-0.15, -0.1) is 0 Å².